The van der Waals surface area contributed by atoms with Crippen LogP contribution in [0.3, 0.4) is 0 Å². The molecule has 10 heteroatoms. The predicted molar refractivity (Wildman–Crippen MR) is 125 cm³/mol. The Kier molecular flexibility index (Phi) is 6.19. The molecule has 0 aliphatic heterocycles. The van der Waals surface area contributed by atoms with Crippen LogP contribution in [0.5, 0.6) is 0 Å². The van der Waals surface area contributed by atoms with Crippen LogP contribution in [0.1, 0.15) is 23.8 Å². The van der Waals surface area contributed by atoms with Gasteiger partial charge in [0.2, 0.25) is 0 Å². The van der Waals surface area contributed by atoms with E-state index in [1.807, 2.05) is 12.1 Å². The fourth-order valence-electron chi connectivity index (χ4n) is 3.50. The number of aryl methyl sites for hydroxylation is 1. The van der Waals surface area contributed by atoms with E-state index >= 15 is 0 Å². The molecule has 0 saturated carbocycles. The Morgan fingerprint density at radius 1 is 1.06 bits per heavy atom. The van der Waals surface area contributed by atoms with Gasteiger partial charge in [-0.05, 0) is 42.3 Å². The molecule has 0 atom stereocenters. The molecule has 4 N–H and O–H groups in total. The van der Waals surface area contributed by atoms with Crippen molar-refractivity contribution in [1.29, 1.82) is 0 Å². The molecular formula is C23H20F3N5OS. The normalized spacial score (nSPS) is 11.5. The monoisotopic (exact) mass is 471 g/mol. The van der Waals surface area contributed by atoms with Gasteiger partial charge in [0.25, 0.3) is 0 Å². The molecule has 0 saturated heterocycles. The Balaban J connectivity index is 1.54. The van der Waals surface area contributed by atoms with Gasteiger partial charge in [0.05, 0.1) is 10.9 Å². The second-order valence-electron chi connectivity index (χ2n) is 7.32. The number of carbonyl (C=O) groups is 1. The average molecular weight is 472 g/mol. The molecule has 0 unspecified atom stereocenters. The number of rotatable bonds is 5. The fraction of sp³-hybridized carbons (Fsp3) is 0.174. The van der Waals surface area contributed by atoms with Crippen molar-refractivity contribution in [2.75, 3.05) is 16.4 Å². The number of hydrogen-bond acceptors (Lipinski definition) is 5. The summed E-state index contributed by atoms with van der Waals surface area (Å²) in [5.74, 6) is 0.413. The molecule has 0 bridgehead atoms. The first-order valence-electron chi connectivity index (χ1n) is 10.1. The van der Waals surface area contributed by atoms with Crippen molar-refractivity contribution in [3.05, 3.63) is 65.3 Å². The van der Waals surface area contributed by atoms with Gasteiger partial charge in [-0.25, -0.2) is 14.8 Å². The molecule has 0 radical (unpaired) electrons. The van der Waals surface area contributed by atoms with Crippen molar-refractivity contribution in [3.8, 4) is 11.1 Å². The number of thiophene rings is 1. The Hall–Kier alpha value is -3.66. The number of nitrogens with zero attached hydrogens (tertiary/aromatic N) is 2. The Bertz CT molecular complexity index is 1300. The Morgan fingerprint density at radius 2 is 1.79 bits per heavy atom. The highest BCUT2D eigenvalue weighted by Gasteiger charge is 2.30. The van der Waals surface area contributed by atoms with Crippen LogP contribution in [0.15, 0.2) is 54.9 Å². The zero-order valence-corrected chi connectivity index (χ0v) is 18.3. The SMILES string of the molecule is CCCc1sc2ncnc(N)c2c1-c1ccc(NC(=O)Nc2cccc(C(F)(F)F)c2)cc1. The largest absolute Gasteiger partial charge is 0.416 e. The van der Waals surface area contributed by atoms with E-state index in [1.165, 1.54) is 18.5 Å². The summed E-state index contributed by atoms with van der Waals surface area (Å²) in [5, 5.41) is 5.87. The van der Waals surface area contributed by atoms with Crippen LogP contribution >= 0.6 is 11.3 Å². The van der Waals surface area contributed by atoms with Crippen LogP contribution in [0.25, 0.3) is 21.3 Å². The molecule has 0 aliphatic carbocycles. The van der Waals surface area contributed by atoms with Crippen molar-refractivity contribution in [2.24, 2.45) is 0 Å². The number of urea groups is 1. The third kappa shape index (κ3) is 4.90. The number of aromatic nitrogens is 2. The van der Waals surface area contributed by atoms with Crippen LogP contribution in [0, 0.1) is 0 Å². The molecule has 33 heavy (non-hydrogen) atoms. The molecule has 6 nitrogen and oxygen atoms in total. The van der Waals surface area contributed by atoms with Gasteiger partial charge in [0, 0.05) is 21.8 Å². The summed E-state index contributed by atoms with van der Waals surface area (Å²) in [6, 6.07) is 11.0. The van der Waals surface area contributed by atoms with E-state index in [0.29, 0.717) is 11.5 Å². The van der Waals surface area contributed by atoms with Gasteiger partial charge in [-0.1, -0.05) is 31.5 Å². The number of carbonyl (C=O) groups excluding carboxylic acids is 1. The second-order valence-corrected chi connectivity index (χ2v) is 8.41. The third-order valence-corrected chi connectivity index (χ3v) is 6.10. The lowest BCUT2D eigenvalue weighted by atomic mass is 10.0. The number of nitrogens with one attached hydrogen (secondary N) is 2. The van der Waals surface area contributed by atoms with Gasteiger partial charge in [-0.15, -0.1) is 11.3 Å². The molecule has 4 rings (SSSR count). The zero-order chi connectivity index (χ0) is 23.6. The summed E-state index contributed by atoms with van der Waals surface area (Å²) < 4.78 is 38.6. The summed E-state index contributed by atoms with van der Waals surface area (Å²) in [6.45, 7) is 2.10. The van der Waals surface area contributed by atoms with Crippen LogP contribution in [0.4, 0.5) is 35.2 Å². The summed E-state index contributed by atoms with van der Waals surface area (Å²) in [6.07, 6.45) is -1.21. The fourth-order valence-corrected chi connectivity index (χ4v) is 4.77. The number of hydrogen-bond donors (Lipinski definition) is 3. The number of halogens is 3. The number of nitrogens with two attached hydrogens (primary N) is 1. The van der Waals surface area contributed by atoms with E-state index in [9.17, 15) is 18.0 Å². The maximum Gasteiger partial charge on any atom is 0.416 e. The van der Waals surface area contributed by atoms with E-state index in [-0.39, 0.29) is 5.69 Å². The van der Waals surface area contributed by atoms with Gasteiger partial charge in [0.1, 0.15) is 17.0 Å². The van der Waals surface area contributed by atoms with E-state index in [4.69, 9.17) is 5.73 Å². The molecule has 170 valence electrons. The van der Waals surface area contributed by atoms with Crippen molar-refractivity contribution < 1.29 is 18.0 Å². The lowest BCUT2D eigenvalue weighted by Gasteiger charge is -2.11. The first-order valence-corrected chi connectivity index (χ1v) is 11.0. The van der Waals surface area contributed by atoms with Crippen molar-refractivity contribution in [1.82, 2.24) is 9.97 Å². The lowest BCUT2D eigenvalue weighted by molar-refractivity contribution is -0.137. The van der Waals surface area contributed by atoms with Crippen LogP contribution in [-0.4, -0.2) is 16.0 Å². The molecule has 2 aromatic heterocycles. The van der Waals surface area contributed by atoms with Crippen molar-refractivity contribution in [2.45, 2.75) is 25.9 Å². The van der Waals surface area contributed by atoms with E-state index in [1.54, 1.807) is 23.5 Å². The summed E-state index contributed by atoms with van der Waals surface area (Å²) >= 11 is 1.59. The minimum absolute atomic E-state index is 0.0448. The van der Waals surface area contributed by atoms with Gasteiger partial charge in [0.15, 0.2) is 0 Å². The minimum Gasteiger partial charge on any atom is -0.383 e. The van der Waals surface area contributed by atoms with Gasteiger partial charge in [-0.2, -0.15) is 13.2 Å². The van der Waals surface area contributed by atoms with Crippen LogP contribution in [0.2, 0.25) is 0 Å². The highest BCUT2D eigenvalue weighted by molar-refractivity contribution is 7.19. The van der Waals surface area contributed by atoms with Crippen LogP contribution < -0.4 is 16.4 Å². The molecule has 2 heterocycles. The van der Waals surface area contributed by atoms with E-state index < -0.39 is 17.8 Å². The van der Waals surface area contributed by atoms with Gasteiger partial charge in [-0.3, -0.25) is 0 Å². The molecule has 2 aromatic carbocycles. The smallest absolute Gasteiger partial charge is 0.383 e. The summed E-state index contributed by atoms with van der Waals surface area (Å²) in [7, 11) is 0. The number of alkyl halides is 3. The number of nitrogen functional groups attached to an aromatic ring is 1. The summed E-state index contributed by atoms with van der Waals surface area (Å²) in [4.78, 5) is 22.7. The lowest BCUT2D eigenvalue weighted by Crippen LogP contribution is -2.19. The maximum atomic E-state index is 12.9. The van der Waals surface area contributed by atoms with Gasteiger partial charge < -0.3 is 16.4 Å². The maximum absolute atomic E-state index is 12.9. The van der Waals surface area contributed by atoms with Crippen molar-refractivity contribution in [3.63, 3.8) is 0 Å². The molecule has 4 aromatic rings. The van der Waals surface area contributed by atoms with Gasteiger partial charge >= 0.3 is 12.2 Å². The quantitative estimate of drug-likeness (QED) is 0.307. The zero-order valence-electron chi connectivity index (χ0n) is 17.5. The highest BCUT2D eigenvalue weighted by Crippen LogP contribution is 2.41. The molecule has 0 fully saturated rings. The first-order chi connectivity index (χ1) is 15.8. The molecule has 0 aliphatic rings. The van der Waals surface area contributed by atoms with Crippen LogP contribution in [-0.2, 0) is 12.6 Å². The van der Waals surface area contributed by atoms with E-state index in [0.717, 1.165) is 51.2 Å². The van der Waals surface area contributed by atoms with E-state index in [2.05, 4.69) is 27.5 Å². The topological polar surface area (TPSA) is 92.9 Å². The molecule has 2 amide bonds. The highest BCUT2D eigenvalue weighted by atomic mass is 32.1. The first kappa shape index (κ1) is 22.5. The molecular weight excluding hydrogens is 451 g/mol. The summed E-state index contributed by atoms with van der Waals surface area (Å²) in [5.41, 5.74) is 7.72. The van der Waals surface area contributed by atoms with Crippen molar-refractivity contribution >= 4 is 44.8 Å². The predicted octanol–water partition coefficient (Wildman–Crippen LogP) is 6.56. The number of fused-ring (bicyclic) bond motifs is 1. The Labute approximate surface area is 191 Å². The standard InChI is InChI=1S/C23H20F3N5OS/c1-2-4-17-18(19-20(27)28-12-29-21(19)33-17)13-7-9-15(10-8-13)30-22(32)31-16-6-3-5-14(11-16)23(24,25)26/h3,5-12H,2,4H2,1H3,(H2,27,28,29)(H2,30,31,32). The number of anilines is 3. The third-order valence-electron chi connectivity index (χ3n) is 4.95. The number of benzene rings is 2. The average Bonchev–Trinajstić information content (AvgIpc) is 3.13. The molecule has 0 spiro atoms. The number of amides is 2. The Morgan fingerprint density at radius 3 is 2.48 bits per heavy atom. The second kappa shape index (κ2) is 9.07. The minimum atomic E-state index is -4.49.